The highest BCUT2D eigenvalue weighted by atomic mass is 16.6. The number of allylic oxidation sites excluding steroid dienone is 5. The molecule has 5 atom stereocenters. The zero-order chi connectivity index (χ0) is 35.8. The smallest absolute Gasteiger partial charge is 0.330 e. The van der Waals surface area contributed by atoms with Gasteiger partial charge in [0.25, 0.3) is 0 Å². The zero-order valence-corrected chi connectivity index (χ0v) is 29.9. The van der Waals surface area contributed by atoms with Gasteiger partial charge in [-0.05, 0) is 93.2 Å². The third kappa shape index (κ3) is 5.23. The van der Waals surface area contributed by atoms with Crippen molar-refractivity contribution in [2.24, 2.45) is 11.8 Å². The van der Waals surface area contributed by atoms with Crippen molar-refractivity contribution in [3.8, 4) is 17.2 Å². The van der Waals surface area contributed by atoms with Crippen LogP contribution in [0.15, 0.2) is 52.7 Å². The van der Waals surface area contributed by atoms with Gasteiger partial charge in [0.2, 0.25) is 0 Å². The second-order valence-corrected chi connectivity index (χ2v) is 15.3. The van der Waals surface area contributed by atoms with Gasteiger partial charge in [-0.2, -0.15) is 0 Å². The van der Waals surface area contributed by atoms with Gasteiger partial charge >= 0.3 is 11.9 Å². The Bertz CT molecular complexity index is 1840. The Labute approximate surface area is 287 Å². The van der Waals surface area contributed by atoms with Crippen LogP contribution in [0.5, 0.6) is 17.2 Å². The van der Waals surface area contributed by atoms with E-state index in [1.807, 2.05) is 66.7 Å². The third-order valence-electron chi connectivity index (χ3n) is 10.7. The van der Waals surface area contributed by atoms with Gasteiger partial charge in [0.1, 0.15) is 22.7 Å². The number of carboxylic acid groups (broad SMARTS) is 1. The zero-order valence-electron chi connectivity index (χ0n) is 29.9. The summed E-state index contributed by atoms with van der Waals surface area (Å²) in [7, 11) is 0. The van der Waals surface area contributed by atoms with Crippen LogP contribution in [0.2, 0.25) is 0 Å². The van der Waals surface area contributed by atoms with E-state index in [4.69, 9.17) is 18.9 Å². The monoisotopic (exact) mass is 670 g/mol. The molecule has 2 fully saturated rings. The van der Waals surface area contributed by atoms with Crippen molar-refractivity contribution < 1.29 is 43.2 Å². The summed E-state index contributed by atoms with van der Waals surface area (Å²) < 4.78 is 26.7. The molecule has 7 rings (SSSR count). The van der Waals surface area contributed by atoms with E-state index in [1.54, 1.807) is 6.08 Å². The lowest BCUT2D eigenvalue weighted by molar-refractivity contribution is -0.171. The molecule has 6 aliphatic rings. The SMILES string of the molecule is CC(=O)Oc1c2c(c(CC=C(C)C)c3c1C(=O)C1=C[C@@H]4CC5C(C)(C)OC(CC=C(C)C(=O)O)(C4=O)[C@@]15O3)OC(C)(CCC=C(C)C)C=C2. The number of ether oxygens (including phenoxy) is 4. The number of esters is 1. The van der Waals surface area contributed by atoms with Crippen molar-refractivity contribution in [1.82, 2.24) is 0 Å². The second kappa shape index (κ2) is 11.7. The minimum atomic E-state index is -1.66. The minimum absolute atomic E-state index is 0.0535. The second-order valence-electron chi connectivity index (χ2n) is 15.3. The topological polar surface area (TPSA) is 125 Å². The summed E-state index contributed by atoms with van der Waals surface area (Å²) in [5.74, 6) is -2.71. The molecule has 3 aliphatic heterocycles. The number of rotatable bonds is 9. The first kappa shape index (κ1) is 34.6. The summed E-state index contributed by atoms with van der Waals surface area (Å²) in [5.41, 5.74) is -1.08. The molecule has 9 nitrogen and oxygen atoms in total. The van der Waals surface area contributed by atoms with Gasteiger partial charge in [-0.3, -0.25) is 14.4 Å². The predicted molar refractivity (Wildman–Crippen MR) is 184 cm³/mol. The Balaban J connectivity index is 1.64. The van der Waals surface area contributed by atoms with E-state index in [0.29, 0.717) is 36.1 Å². The molecule has 260 valence electrons. The molecular formula is C40H46O9. The van der Waals surface area contributed by atoms with Crippen LogP contribution in [-0.4, -0.2) is 51.0 Å². The average molecular weight is 671 g/mol. The first-order valence-electron chi connectivity index (χ1n) is 17.0. The standard InChI is InChI=1S/C40H46O9/c1-21(2)11-10-16-38(9)17-15-27-32(47-38)26(13-12-22(3)4)34-30(33(27)46-24(6)41)31(42)28-19-25-20-29-37(7,8)49-39(35(25)43,40(28,29)48-34)18-14-23(5)36(44)45/h11-12,14-15,17,19,25,29H,10,13,16,18,20H2,1-9H3,(H,44,45)/t25-,29?,38?,39?,40-/m1/s1. The van der Waals surface area contributed by atoms with E-state index >= 15 is 4.79 Å². The molecule has 3 heterocycles. The molecule has 1 aromatic carbocycles. The molecule has 0 amide bonds. The number of aliphatic carboxylic acids is 1. The fraction of sp³-hybridized carbons (Fsp3) is 0.500. The summed E-state index contributed by atoms with van der Waals surface area (Å²) in [6, 6.07) is 0. The molecular weight excluding hydrogens is 624 g/mol. The van der Waals surface area contributed by atoms with Crippen LogP contribution in [0, 0.1) is 11.8 Å². The molecule has 1 saturated heterocycles. The number of hydrogen-bond donors (Lipinski definition) is 1. The fourth-order valence-electron chi connectivity index (χ4n) is 8.41. The Hall–Kier alpha value is -4.24. The van der Waals surface area contributed by atoms with Crippen LogP contribution in [0.25, 0.3) is 6.08 Å². The van der Waals surface area contributed by atoms with E-state index in [9.17, 15) is 19.5 Å². The molecule has 49 heavy (non-hydrogen) atoms. The Kier molecular flexibility index (Phi) is 8.25. The molecule has 0 radical (unpaired) electrons. The number of carboxylic acids is 1. The van der Waals surface area contributed by atoms with Crippen molar-refractivity contribution in [3.63, 3.8) is 0 Å². The lowest BCUT2D eigenvalue weighted by atomic mass is 9.51. The Morgan fingerprint density at radius 3 is 2.31 bits per heavy atom. The predicted octanol–water partition coefficient (Wildman–Crippen LogP) is 7.46. The van der Waals surface area contributed by atoms with Crippen LogP contribution < -0.4 is 14.2 Å². The number of benzene rings is 1. The molecule has 3 unspecified atom stereocenters. The molecule has 1 N–H and O–H groups in total. The van der Waals surface area contributed by atoms with Crippen LogP contribution in [0.3, 0.4) is 0 Å². The van der Waals surface area contributed by atoms with E-state index in [2.05, 4.69) is 6.08 Å². The third-order valence-corrected chi connectivity index (χ3v) is 10.7. The normalized spacial score (nSPS) is 29.9. The highest BCUT2D eigenvalue weighted by Gasteiger charge is 2.81. The summed E-state index contributed by atoms with van der Waals surface area (Å²) >= 11 is 0. The minimum Gasteiger partial charge on any atom is -0.482 e. The number of hydrogen-bond acceptors (Lipinski definition) is 8. The molecule has 0 aromatic heterocycles. The first-order valence-corrected chi connectivity index (χ1v) is 17.0. The number of ketones is 2. The summed E-state index contributed by atoms with van der Waals surface area (Å²) in [4.78, 5) is 54.0. The highest BCUT2D eigenvalue weighted by molar-refractivity contribution is 6.19. The van der Waals surface area contributed by atoms with E-state index < -0.39 is 52.0 Å². The van der Waals surface area contributed by atoms with Gasteiger partial charge in [-0.15, -0.1) is 0 Å². The van der Waals surface area contributed by atoms with Crippen LogP contribution in [0.4, 0.5) is 0 Å². The van der Waals surface area contributed by atoms with Crippen molar-refractivity contribution in [2.75, 3.05) is 0 Å². The maximum Gasteiger partial charge on any atom is 0.330 e. The number of carbonyl (C=O) groups excluding carboxylic acids is 3. The lowest BCUT2D eigenvalue weighted by Crippen LogP contribution is -2.72. The van der Waals surface area contributed by atoms with Gasteiger partial charge in [0, 0.05) is 41.9 Å². The van der Waals surface area contributed by atoms with Crippen LogP contribution in [-0.2, 0) is 25.5 Å². The van der Waals surface area contributed by atoms with Crippen molar-refractivity contribution >= 4 is 29.6 Å². The molecule has 3 aliphatic carbocycles. The maximum atomic E-state index is 15.1. The summed E-state index contributed by atoms with van der Waals surface area (Å²) in [5, 5.41) is 9.70. The largest absolute Gasteiger partial charge is 0.482 e. The Morgan fingerprint density at radius 1 is 0.980 bits per heavy atom. The van der Waals surface area contributed by atoms with Crippen molar-refractivity contribution in [3.05, 3.63) is 69.4 Å². The maximum absolute atomic E-state index is 15.1. The number of Topliss-reactive ketones (excluding diaryl/α,β-unsaturated/α-hetero) is 2. The number of carbonyl (C=O) groups is 4. The van der Waals surface area contributed by atoms with Gasteiger partial charge in [0.05, 0.1) is 11.2 Å². The summed E-state index contributed by atoms with van der Waals surface area (Å²) in [6.45, 7) is 16.6. The van der Waals surface area contributed by atoms with Gasteiger partial charge < -0.3 is 24.1 Å². The summed E-state index contributed by atoms with van der Waals surface area (Å²) in [6.07, 6.45) is 13.3. The van der Waals surface area contributed by atoms with Crippen LogP contribution >= 0.6 is 0 Å². The molecule has 1 saturated carbocycles. The van der Waals surface area contributed by atoms with Crippen LogP contribution in [0.1, 0.15) is 109 Å². The molecule has 9 heteroatoms. The first-order chi connectivity index (χ1) is 22.9. The number of fused-ring (bicyclic) bond motifs is 2. The van der Waals surface area contributed by atoms with Gasteiger partial charge in [0.15, 0.2) is 28.5 Å². The molecule has 4 bridgehead atoms. The average Bonchev–Trinajstić information content (AvgIpc) is 3.15. The quantitative estimate of drug-likeness (QED) is 0.123. The van der Waals surface area contributed by atoms with E-state index in [0.717, 1.165) is 12.0 Å². The van der Waals surface area contributed by atoms with E-state index in [-0.39, 0.29) is 40.4 Å². The highest BCUT2D eigenvalue weighted by Crippen LogP contribution is 2.68. The fourth-order valence-corrected chi connectivity index (χ4v) is 8.41. The van der Waals surface area contributed by atoms with Gasteiger partial charge in [-0.1, -0.05) is 35.5 Å². The van der Waals surface area contributed by atoms with Crippen molar-refractivity contribution in [1.29, 1.82) is 0 Å². The molecule has 1 aromatic rings. The van der Waals surface area contributed by atoms with Gasteiger partial charge in [-0.25, -0.2) is 4.79 Å². The van der Waals surface area contributed by atoms with E-state index in [1.165, 1.54) is 25.5 Å². The van der Waals surface area contributed by atoms with Crippen molar-refractivity contribution in [2.45, 2.75) is 117 Å². The Morgan fingerprint density at radius 2 is 1.67 bits per heavy atom. The lowest BCUT2D eigenvalue weighted by Gasteiger charge is -2.56. The molecule has 1 spiro atoms.